The topological polar surface area (TPSA) is 37.8 Å². The molecule has 0 radical (unpaired) electrons. The van der Waals surface area contributed by atoms with Gasteiger partial charge in [-0.2, -0.15) is 13.2 Å². The van der Waals surface area contributed by atoms with Gasteiger partial charge in [0.15, 0.2) is 0 Å². The monoisotopic (exact) mass is 361 g/mol. The summed E-state index contributed by atoms with van der Waals surface area (Å²) < 4.78 is 51.3. The van der Waals surface area contributed by atoms with Crippen LogP contribution in [0.15, 0.2) is 61.1 Å². The van der Waals surface area contributed by atoms with Crippen LogP contribution in [-0.2, 0) is 6.18 Å². The van der Waals surface area contributed by atoms with E-state index < -0.39 is 11.7 Å². The number of hydrogen-bond donors (Lipinski definition) is 1. The van der Waals surface area contributed by atoms with Crippen LogP contribution in [0.3, 0.4) is 0 Å². The molecule has 3 aromatic rings. The Kier molecular flexibility index (Phi) is 4.88. The average Bonchev–Trinajstić information content (AvgIpc) is 2.62. The Morgan fingerprint density at radius 3 is 2.27 bits per heavy atom. The third-order valence-corrected chi connectivity index (χ3v) is 3.90. The van der Waals surface area contributed by atoms with Gasteiger partial charge in [0.1, 0.15) is 11.6 Å². The number of nitrogens with zero attached hydrogens (tertiary/aromatic N) is 2. The summed E-state index contributed by atoms with van der Waals surface area (Å²) in [5.74, 6) is 0.253. The molecular formula is C19H15F4N3. The summed E-state index contributed by atoms with van der Waals surface area (Å²) in [5.41, 5.74) is 0.954. The summed E-state index contributed by atoms with van der Waals surface area (Å²) in [5, 5.41) is 3.16. The second kappa shape index (κ2) is 7.11. The number of nitrogens with one attached hydrogen (secondary N) is 1. The lowest BCUT2D eigenvalue weighted by atomic mass is 10.1. The molecular weight excluding hydrogens is 346 g/mol. The summed E-state index contributed by atoms with van der Waals surface area (Å²) in [4.78, 5) is 7.89. The van der Waals surface area contributed by atoms with Crippen molar-refractivity contribution >= 4 is 5.82 Å². The summed E-state index contributed by atoms with van der Waals surface area (Å²) in [6.45, 7) is 1.90. The van der Waals surface area contributed by atoms with Crippen molar-refractivity contribution < 1.29 is 17.6 Å². The maximum Gasteiger partial charge on any atom is 0.417 e. The fourth-order valence-corrected chi connectivity index (χ4v) is 2.46. The lowest BCUT2D eigenvalue weighted by Crippen LogP contribution is -2.08. The van der Waals surface area contributed by atoms with Crippen LogP contribution in [0, 0.1) is 5.82 Å². The van der Waals surface area contributed by atoms with Crippen LogP contribution in [0.5, 0.6) is 0 Å². The van der Waals surface area contributed by atoms with Gasteiger partial charge in [-0.15, -0.1) is 0 Å². The van der Waals surface area contributed by atoms with E-state index in [0.717, 1.165) is 17.8 Å². The standard InChI is InChI=1S/C19H15F4N3/c1-12(13-2-5-17(20)6-3-13)26-18-7-4-14(10-25-18)15-8-16(11-24-9-15)19(21,22)23/h2-12H,1H3,(H,25,26)/t12-/m1/s1. The van der Waals surface area contributed by atoms with E-state index in [1.807, 2.05) is 6.92 Å². The highest BCUT2D eigenvalue weighted by Crippen LogP contribution is 2.31. The van der Waals surface area contributed by atoms with Crippen LogP contribution >= 0.6 is 0 Å². The van der Waals surface area contributed by atoms with Crippen molar-refractivity contribution in [2.24, 2.45) is 0 Å². The fourth-order valence-electron chi connectivity index (χ4n) is 2.46. The number of anilines is 1. The summed E-state index contributed by atoms with van der Waals surface area (Å²) in [6.07, 6.45) is -0.808. The Morgan fingerprint density at radius 2 is 1.65 bits per heavy atom. The van der Waals surface area contributed by atoms with Gasteiger partial charge in [0.05, 0.1) is 5.56 Å². The van der Waals surface area contributed by atoms with Crippen molar-refractivity contribution in [2.45, 2.75) is 19.1 Å². The molecule has 0 saturated heterocycles. The molecule has 0 unspecified atom stereocenters. The highest BCUT2D eigenvalue weighted by molar-refractivity contribution is 5.63. The van der Waals surface area contributed by atoms with Crippen LogP contribution in [0.25, 0.3) is 11.1 Å². The summed E-state index contributed by atoms with van der Waals surface area (Å²) in [7, 11) is 0. The minimum atomic E-state index is -4.44. The SMILES string of the molecule is C[C@@H](Nc1ccc(-c2cncc(C(F)(F)F)c2)cn1)c1ccc(F)cc1. The van der Waals surface area contributed by atoms with Crippen LogP contribution < -0.4 is 5.32 Å². The van der Waals surface area contributed by atoms with Crippen molar-refractivity contribution in [1.82, 2.24) is 9.97 Å². The van der Waals surface area contributed by atoms with E-state index in [-0.39, 0.29) is 11.9 Å². The van der Waals surface area contributed by atoms with E-state index in [0.29, 0.717) is 16.9 Å². The van der Waals surface area contributed by atoms with Gasteiger partial charge >= 0.3 is 6.18 Å². The van der Waals surface area contributed by atoms with Crippen LogP contribution in [-0.4, -0.2) is 9.97 Å². The third-order valence-electron chi connectivity index (χ3n) is 3.90. The minimum Gasteiger partial charge on any atom is -0.364 e. The second-order valence-corrected chi connectivity index (χ2v) is 5.81. The Morgan fingerprint density at radius 1 is 0.923 bits per heavy atom. The maximum atomic E-state index is 13.0. The molecule has 3 nitrogen and oxygen atoms in total. The normalized spacial score (nSPS) is 12.7. The zero-order chi connectivity index (χ0) is 18.7. The van der Waals surface area contributed by atoms with E-state index in [4.69, 9.17) is 0 Å². The Labute approximate surface area is 147 Å². The first-order chi connectivity index (χ1) is 12.3. The van der Waals surface area contributed by atoms with Crippen LogP contribution in [0.1, 0.15) is 24.1 Å². The second-order valence-electron chi connectivity index (χ2n) is 5.81. The molecule has 3 rings (SSSR count). The Hall–Kier alpha value is -2.96. The van der Waals surface area contributed by atoms with E-state index in [2.05, 4.69) is 15.3 Å². The molecule has 0 saturated carbocycles. The van der Waals surface area contributed by atoms with Crippen molar-refractivity contribution in [3.05, 3.63) is 78.0 Å². The fraction of sp³-hybridized carbons (Fsp3) is 0.158. The van der Waals surface area contributed by atoms with E-state index in [1.54, 1.807) is 24.3 Å². The number of aromatic nitrogens is 2. The summed E-state index contributed by atoms with van der Waals surface area (Å²) >= 11 is 0. The average molecular weight is 361 g/mol. The number of hydrogen-bond acceptors (Lipinski definition) is 3. The number of halogens is 4. The number of rotatable bonds is 4. The Bertz CT molecular complexity index is 875. The van der Waals surface area contributed by atoms with Gasteiger partial charge in [0.2, 0.25) is 0 Å². The molecule has 1 aromatic carbocycles. The zero-order valence-corrected chi connectivity index (χ0v) is 13.8. The largest absolute Gasteiger partial charge is 0.417 e. The van der Waals surface area contributed by atoms with Gasteiger partial charge in [0.25, 0.3) is 0 Å². The van der Waals surface area contributed by atoms with Gasteiger partial charge in [0, 0.05) is 35.8 Å². The molecule has 0 fully saturated rings. The first kappa shape index (κ1) is 17.8. The lowest BCUT2D eigenvalue weighted by Gasteiger charge is -2.15. The Balaban J connectivity index is 1.75. The molecule has 0 aliphatic rings. The number of benzene rings is 1. The van der Waals surface area contributed by atoms with Crippen molar-refractivity contribution in [1.29, 1.82) is 0 Å². The van der Waals surface area contributed by atoms with Crippen LogP contribution in [0.2, 0.25) is 0 Å². The van der Waals surface area contributed by atoms with Gasteiger partial charge in [-0.05, 0) is 42.8 Å². The molecule has 2 aromatic heterocycles. The molecule has 26 heavy (non-hydrogen) atoms. The molecule has 0 aliphatic heterocycles. The quantitative estimate of drug-likeness (QED) is 0.626. The van der Waals surface area contributed by atoms with Crippen molar-refractivity contribution in [2.75, 3.05) is 5.32 Å². The molecule has 0 spiro atoms. The van der Waals surface area contributed by atoms with E-state index in [1.165, 1.54) is 24.5 Å². The molecule has 1 atom stereocenters. The predicted octanol–water partition coefficient (Wildman–Crippen LogP) is 5.47. The van der Waals surface area contributed by atoms with Gasteiger partial charge in [-0.1, -0.05) is 12.1 Å². The zero-order valence-electron chi connectivity index (χ0n) is 13.8. The molecule has 0 amide bonds. The molecule has 1 N–H and O–H groups in total. The highest BCUT2D eigenvalue weighted by Gasteiger charge is 2.31. The van der Waals surface area contributed by atoms with E-state index >= 15 is 0 Å². The molecule has 7 heteroatoms. The molecule has 134 valence electrons. The first-order valence-electron chi connectivity index (χ1n) is 7.83. The first-order valence-corrected chi connectivity index (χ1v) is 7.83. The van der Waals surface area contributed by atoms with E-state index in [9.17, 15) is 17.6 Å². The number of pyridine rings is 2. The molecule has 0 aliphatic carbocycles. The predicted molar refractivity (Wildman–Crippen MR) is 90.9 cm³/mol. The minimum absolute atomic E-state index is 0.107. The summed E-state index contributed by atoms with van der Waals surface area (Å²) in [6, 6.07) is 10.4. The molecule has 0 bridgehead atoms. The highest BCUT2D eigenvalue weighted by atomic mass is 19.4. The third kappa shape index (κ3) is 4.17. The van der Waals surface area contributed by atoms with Gasteiger partial charge < -0.3 is 5.32 Å². The van der Waals surface area contributed by atoms with Crippen LogP contribution in [0.4, 0.5) is 23.4 Å². The smallest absolute Gasteiger partial charge is 0.364 e. The van der Waals surface area contributed by atoms with Crippen molar-refractivity contribution in [3.8, 4) is 11.1 Å². The number of alkyl halides is 3. The van der Waals surface area contributed by atoms with Crippen molar-refractivity contribution in [3.63, 3.8) is 0 Å². The maximum absolute atomic E-state index is 13.0. The lowest BCUT2D eigenvalue weighted by molar-refractivity contribution is -0.137. The van der Waals surface area contributed by atoms with Gasteiger partial charge in [-0.25, -0.2) is 9.37 Å². The van der Waals surface area contributed by atoms with Gasteiger partial charge in [-0.3, -0.25) is 4.98 Å². The molecule has 2 heterocycles.